The van der Waals surface area contributed by atoms with E-state index in [0.717, 1.165) is 0 Å². The van der Waals surface area contributed by atoms with Gasteiger partial charge in [-0.05, 0) is 24.3 Å². The zero-order valence-electron chi connectivity index (χ0n) is 10.8. The van der Waals surface area contributed by atoms with E-state index >= 15 is 0 Å². The van der Waals surface area contributed by atoms with Crippen molar-refractivity contribution >= 4 is 39.7 Å². The summed E-state index contributed by atoms with van der Waals surface area (Å²) in [6, 6.07) is 2.64. The second kappa shape index (κ2) is 7.37. The van der Waals surface area contributed by atoms with Crippen molar-refractivity contribution in [2.45, 2.75) is 23.1 Å². The normalized spacial score (nSPS) is 19.6. The Labute approximate surface area is 128 Å². The smallest absolute Gasteiger partial charge is 0.253 e. The zero-order chi connectivity index (χ0) is 13.9. The minimum absolute atomic E-state index is 0. The van der Waals surface area contributed by atoms with E-state index in [9.17, 15) is 13.2 Å². The Morgan fingerprint density at radius 3 is 2.90 bits per heavy atom. The third-order valence-corrected chi connectivity index (χ3v) is 6.29. The number of carbonyl (C=O) groups excluding carboxylic acids is 1. The fourth-order valence-corrected chi connectivity index (χ4v) is 4.90. The average Bonchev–Trinajstić information content (AvgIpc) is 3.05. The van der Waals surface area contributed by atoms with Gasteiger partial charge in [0, 0.05) is 19.6 Å². The van der Waals surface area contributed by atoms with Crippen LogP contribution in [0.4, 0.5) is 0 Å². The molecule has 0 aliphatic carbocycles. The molecule has 1 atom stereocenters. The summed E-state index contributed by atoms with van der Waals surface area (Å²) in [4.78, 5) is 12.0. The van der Waals surface area contributed by atoms with E-state index in [0.29, 0.717) is 32.5 Å². The molecule has 0 aromatic carbocycles. The van der Waals surface area contributed by atoms with Crippen LogP contribution in [-0.2, 0) is 14.8 Å². The maximum atomic E-state index is 12.4. The Hall–Kier alpha value is -0.670. The number of carbonyl (C=O) groups is 1. The number of amides is 1. The molecule has 20 heavy (non-hydrogen) atoms. The van der Waals surface area contributed by atoms with Crippen LogP contribution < -0.4 is 11.1 Å². The maximum Gasteiger partial charge on any atom is 0.253 e. The fourth-order valence-electron chi connectivity index (χ4n) is 2.13. The molecule has 1 saturated heterocycles. The van der Waals surface area contributed by atoms with Gasteiger partial charge in [0.25, 0.3) is 10.0 Å². The summed E-state index contributed by atoms with van der Waals surface area (Å²) in [5, 5.41) is 4.37. The molecule has 2 rings (SSSR count). The Bertz CT molecular complexity index is 533. The topological polar surface area (TPSA) is 92.5 Å². The minimum Gasteiger partial charge on any atom is -0.353 e. The van der Waals surface area contributed by atoms with Gasteiger partial charge in [0.15, 0.2) is 0 Å². The highest BCUT2D eigenvalue weighted by atomic mass is 35.5. The van der Waals surface area contributed by atoms with E-state index in [-0.39, 0.29) is 22.5 Å². The SMILES string of the molecule is Cl.NCCNC(=O)C1CCCN1S(=O)(=O)c1cccs1. The summed E-state index contributed by atoms with van der Waals surface area (Å²) >= 11 is 1.17. The van der Waals surface area contributed by atoms with Crippen molar-refractivity contribution in [1.82, 2.24) is 9.62 Å². The van der Waals surface area contributed by atoms with Gasteiger partial charge in [-0.25, -0.2) is 8.42 Å². The monoisotopic (exact) mass is 339 g/mol. The first kappa shape index (κ1) is 17.4. The number of rotatable bonds is 5. The average molecular weight is 340 g/mol. The summed E-state index contributed by atoms with van der Waals surface area (Å²) < 4.78 is 26.4. The van der Waals surface area contributed by atoms with Crippen LogP contribution in [0.5, 0.6) is 0 Å². The van der Waals surface area contributed by atoms with Crippen LogP contribution in [-0.4, -0.2) is 44.3 Å². The standard InChI is InChI=1S/C11H17N3O3S2.ClH/c12-5-6-13-11(15)9-3-1-7-14(9)19(16,17)10-4-2-8-18-10;/h2,4,8-9H,1,3,5-7,12H2,(H,13,15);1H. The molecule has 1 aliphatic rings. The molecule has 0 bridgehead atoms. The summed E-state index contributed by atoms with van der Waals surface area (Å²) in [7, 11) is -3.55. The van der Waals surface area contributed by atoms with E-state index < -0.39 is 16.1 Å². The van der Waals surface area contributed by atoms with Crippen LogP contribution in [0.2, 0.25) is 0 Å². The van der Waals surface area contributed by atoms with Gasteiger partial charge in [0.05, 0.1) is 0 Å². The van der Waals surface area contributed by atoms with Crippen LogP contribution >= 0.6 is 23.7 Å². The fraction of sp³-hybridized carbons (Fsp3) is 0.545. The number of hydrogen-bond donors (Lipinski definition) is 2. The molecule has 1 aliphatic heterocycles. The predicted octanol–water partition coefficient (Wildman–Crippen LogP) is 0.398. The van der Waals surface area contributed by atoms with E-state index in [2.05, 4.69) is 5.32 Å². The maximum absolute atomic E-state index is 12.4. The largest absolute Gasteiger partial charge is 0.353 e. The molecule has 2 heterocycles. The van der Waals surface area contributed by atoms with E-state index in [4.69, 9.17) is 5.73 Å². The Balaban J connectivity index is 0.00000200. The first-order valence-corrected chi connectivity index (χ1v) is 8.42. The van der Waals surface area contributed by atoms with Crippen molar-refractivity contribution in [3.63, 3.8) is 0 Å². The lowest BCUT2D eigenvalue weighted by Gasteiger charge is -2.22. The van der Waals surface area contributed by atoms with Gasteiger partial charge in [0.2, 0.25) is 5.91 Å². The third kappa shape index (κ3) is 3.50. The lowest BCUT2D eigenvalue weighted by atomic mass is 10.2. The number of nitrogens with zero attached hydrogens (tertiary/aromatic N) is 1. The highest BCUT2D eigenvalue weighted by Crippen LogP contribution is 2.28. The summed E-state index contributed by atoms with van der Waals surface area (Å²) in [6.45, 7) is 1.10. The number of nitrogens with two attached hydrogens (primary N) is 1. The van der Waals surface area contributed by atoms with Crippen LogP contribution in [0.25, 0.3) is 0 Å². The molecule has 1 aromatic rings. The summed E-state index contributed by atoms with van der Waals surface area (Å²) in [5.74, 6) is -0.261. The first-order chi connectivity index (χ1) is 9.07. The zero-order valence-corrected chi connectivity index (χ0v) is 13.3. The molecular formula is C11H18ClN3O3S2. The molecule has 3 N–H and O–H groups in total. The number of sulfonamides is 1. The van der Waals surface area contributed by atoms with Crippen LogP contribution in [0, 0.1) is 0 Å². The van der Waals surface area contributed by atoms with Gasteiger partial charge in [-0.3, -0.25) is 4.79 Å². The molecule has 1 unspecified atom stereocenters. The van der Waals surface area contributed by atoms with Crippen molar-refractivity contribution in [2.75, 3.05) is 19.6 Å². The van der Waals surface area contributed by atoms with E-state index in [1.807, 2.05) is 0 Å². The van der Waals surface area contributed by atoms with Crippen LogP contribution in [0.1, 0.15) is 12.8 Å². The number of hydrogen-bond acceptors (Lipinski definition) is 5. The molecule has 6 nitrogen and oxygen atoms in total. The second-order valence-corrected chi connectivity index (χ2v) is 7.35. The highest BCUT2D eigenvalue weighted by Gasteiger charge is 2.39. The Morgan fingerprint density at radius 1 is 1.55 bits per heavy atom. The van der Waals surface area contributed by atoms with Crippen molar-refractivity contribution in [3.8, 4) is 0 Å². The second-order valence-electron chi connectivity index (χ2n) is 4.29. The van der Waals surface area contributed by atoms with Gasteiger partial charge >= 0.3 is 0 Å². The molecule has 0 saturated carbocycles. The Morgan fingerprint density at radius 2 is 2.30 bits per heavy atom. The van der Waals surface area contributed by atoms with Crippen LogP contribution in [0.15, 0.2) is 21.7 Å². The van der Waals surface area contributed by atoms with Gasteiger partial charge in [-0.1, -0.05) is 6.07 Å². The van der Waals surface area contributed by atoms with Crippen molar-refractivity contribution < 1.29 is 13.2 Å². The highest BCUT2D eigenvalue weighted by molar-refractivity contribution is 7.91. The number of nitrogens with one attached hydrogen (secondary N) is 1. The molecule has 1 aromatic heterocycles. The minimum atomic E-state index is -3.55. The van der Waals surface area contributed by atoms with Gasteiger partial charge in [-0.2, -0.15) is 4.31 Å². The van der Waals surface area contributed by atoms with Gasteiger partial charge in [-0.15, -0.1) is 23.7 Å². The summed E-state index contributed by atoms with van der Waals surface area (Å²) in [5.41, 5.74) is 5.33. The predicted molar refractivity (Wildman–Crippen MR) is 80.5 cm³/mol. The molecule has 114 valence electrons. The van der Waals surface area contributed by atoms with Crippen LogP contribution in [0.3, 0.4) is 0 Å². The van der Waals surface area contributed by atoms with Gasteiger partial charge in [0.1, 0.15) is 10.3 Å². The first-order valence-electron chi connectivity index (χ1n) is 6.10. The third-order valence-electron chi connectivity index (χ3n) is 3.01. The van der Waals surface area contributed by atoms with E-state index in [1.165, 1.54) is 15.6 Å². The Kier molecular flexibility index (Phi) is 6.41. The molecule has 0 radical (unpaired) electrons. The number of thiophene rings is 1. The molecule has 1 amide bonds. The lowest BCUT2D eigenvalue weighted by molar-refractivity contribution is -0.124. The van der Waals surface area contributed by atoms with Crippen molar-refractivity contribution in [1.29, 1.82) is 0 Å². The molecular weight excluding hydrogens is 322 g/mol. The van der Waals surface area contributed by atoms with Gasteiger partial charge < -0.3 is 11.1 Å². The molecule has 9 heteroatoms. The summed E-state index contributed by atoms with van der Waals surface area (Å²) in [6.07, 6.45) is 1.26. The quantitative estimate of drug-likeness (QED) is 0.812. The molecule has 0 spiro atoms. The molecule has 1 fully saturated rings. The lowest BCUT2D eigenvalue weighted by Crippen LogP contribution is -2.46. The van der Waals surface area contributed by atoms with Crippen molar-refractivity contribution in [3.05, 3.63) is 17.5 Å². The van der Waals surface area contributed by atoms with E-state index in [1.54, 1.807) is 17.5 Å². The number of halogens is 1. The van der Waals surface area contributed by atoms with Crippen molar-refractivity contribution in [2.24, 2.45) is 5.73 Å².